The van der Waals surface area contributed by atoms with E-state index in [0.29, 0.717) is 0 Å². The zero-order chi connectivity index (χ0) is 19.7. The number of benzene rings is 2. The van der Waals surface area contributed by atoms with Gasteiger partial charge < -0.3 is 5.32 Å². The Hall–Kier alpha value is -2.53. The number of carbonyl (C=O) groups excluding carboxylic acids is 1. The molecule has 28 heavy (non-hydrogen) atoms. The molecular weight excluding hydrogens is 366 g/mol. The molecule has 144 valence electrons. The van der Waals surface area contributed by atoms with E-state index in [1.54, 1.807) is 11.8 Å². The van der Waals surface area contributed by atoms with Crippen LogP contribution in [0, 0.1) is 13.8 Å². The monoisotopic (exact) mass is 391 g/mol. The Bertz CT molecular complexity index is 1000. The van der Waals surface area contributed by atoms with Crippen molar-refractivity contribution in [2.24, 2.45) is 0 Å². The van der Waals surface area contributed by atoms with E-state index >= 15 is 0 Å². The van der Waals surface area contributed by atoms with Crippen LogP contribution in [0.3, 0.4) is 0 Å². The van der Waals surface area contributed by atoms with E-state index in [0.717, 1.165) is 41.0 Å². The summed E-state index contributed by atoms with van der Waals surface area (Å²) in [5, 5.41) is 7.92. The van der Waals surface area contributed by atoms with Crippen LogP contribution in [0.1, 0.15) is 51.6 Å². The summed E-state index contributed by atoms with van der Waals surface area (Å²) in [4.78, 5) is 13.9. The second kappa shape index (κ2) is 7.84. The third kappa shape index (κ3) is 3.59. The largest absolute Gasteiger partial charge is 0.345 e. The molecule has 0 bridgehead atoms. The Labute approximate surface area is 170 Å². The molecule has 0 aliphatic heterocycles. The Balaban J connectivity index is 1.63. The molecule has 1 aromatic heterocycles. The molecule has 5 heteroatoms. The standard InChI is InChI=1S/C23H25N3OS/c1-15-11-16(2)13-17(12-15)26-21-9-6-8-20(19(21)14-24-26)25-23(27)18-7-4-5-10-22(18)28-3/h4-5,7,10-14,20H,6,8-9H2,1-3H3,(H,25,27)/t20-/m0/s1. The Kier molecular flexibility index (Phi) is 5.27. The molecule has 0 saturated heterocycles. The summed E-state index contributed by atoms with van der Waals surface area (Å²) in [6.45, 7) is 4.22. The van der Waals surface area contributed by atoms with Gasteiger partial charge in [0.25, 0.3) is 5.91 Å². The fourth-order valence-corrected chi connectivity index (χ4v) is 4.67. The van der Waals surface area contributed by atoms with Crippen LogP contribution in [0.25, 0.3) is 5.69 Å². The third-order valence-electron chi connectivity index (χ3n) is 5.29. The number of nitrogens with zero attached hydrogens (tertiary/aromatic N) is 2. The van der Waals surface area contributed by atoms with Gasteiger partial charge >= 0.3 is 0 Å². The molecule has 1 aliphatic rings. The van der Waals surface area contributed by atoms with Gasteiger partial charge in [-0.3, -0.25) is 4.79 Å². The van der Waals surface area contributed by atoms with Crippen molar-refractivity contribution < 1.29 is 4.79 Å². The Morgan fingerprint density at radius 2 is 1.93 bits per heavy atom. The van der Waals surface area contributed by atoms with E-state index in [2.05, 4.69) is 42.5 Å². The summed E-state index contributed by atoms with van der Waals surface area (Å²) in [5.74, 6) is -0.0121. The zero-order valence-corrected chi connectivity index (χ0v) is 17.3. The Morgan fingerprint density at radius 1 is 1.18 bits per heavy atom. The van der Waals surface area contributed by atoms with Crippen molar-refractivity contribution in [3.05, 3.63) is 76.6 Å². The first-order valence-corrected chi connectivity index (χ1v) is 10.9. The number of hydrogen-bond donors (Lipinski definition) is 1. The van der Waals surface area contributed by atoms with Crippen LogP contribution in [-0.4, -0.2) is 21.9 Å². The lowest BCUT2D eigenvalue weighted by Gasteiger charge is -2.24. The van der Waals surface area contributed by atoms with Crippen LogP contribution in [0.2, 0.25) is 0 Å². The molecule has 1 heterocycles. The van der Waals surface area contributed by atoms with E-state index < -0.39 is 0 Å². The number of nitrogens with one attached hydrogen (secondary N) is 1. The SMILES string of the molecule is CSc1ccccc1C(=O)N[C@H]1CCCc2c1cnn2-c1cc(C)cc(C)c1. The fraction of sp³-hybridized carbons (Fsp3) is 0.304. The van der Waals surface area contributed by atoms with Gasteiger partial charge in [-0.1, -0.05) is 18.2 Å². The highest BCUT2D eigenvalue weighted by atomic mass is 32.2. The molecule has 0 spiro atoms. The summed E-state index contributed by atoms with van der Waals surface area (Å²) >= 11 is 1.60. The minimum Gasteiger partial charge on any atom is -0.345 e. The maximum Gasteiger partial charge on any atom is 0.252 e. The number of aromatic nitrogens is 2. The number of aryl methyl sites for hydroxylation is 2. The number of rotatable bonds is 4. The fourth-order valence-electron chi connectivity index (χ4n) is 4.07. The van der Waals surface area contributed by atoms with E-state index in [1.165, 1.54) is 16.8 Å². The molecule has 4 rings (SSSR count). The van der Waals surface area contributed by atoms with Crippen LogP contribution >= 0.6 is 11.8 Å². The Morgan fingerprint density at radius 3 is 2.68 bits per heavy atom. The van der Waals surface area contributed by atoms with Crippen molar-refractivity contribution in [2.75, 3.05) is 6.26 Å². The number of carbonyl (C=O) groups is 1. The maximum atomic E-state index is 12.9. The van der Waals surface area contributed by atoms with E-state index in [-0.39, 0.29) is 11.9 Å². The average Bonchev–Trinajstić information content (AvgIpc) is 3.12. The normalized spacial score (nSPS) is 15.9. The van der Waals surface area contributed by atoms with Gasteiger partial charge in [-0.05, 0) is 74.8 Å². The van der Waals surface area contributed by atoms with Gasteiger partial charge in [0.2, 0.25) is 0 Å². The maximum absolute atomic E-state index is 12.9. The molecule has 1 amide bonds. The van der Waals surface area contributed by atoms with Crippen LogP contribution < -0.4 is 5.32 Å². The van der Waals surface area contributed by atoms with Gasteiger partial charge in [-0.15, -0.1) is 11.8 Å². The molecule has 2 aromatic carbocycles. The molecule has 0 unspecified atom stereocenters. The van der Waals surface area contributed by atoms with Crippen molar-refractivity contribution in [2.45, 2.75) is 44.0 Å². The molecule has 0 radical (unpaired) electrons. The van der Waals surface area contributed by atoms with Gasteiger partial charge in [0, 0.05) is 16.2 Å². The van der Waals surface area contributed by atoms with Gasteiger partial charge in [-0.2, -0.15) is 5.10 Å². The predicted molar refractivity (Wildman–Crippen MR) is 114 cm³/mol. The lowest BCUT2D eigenvalue weighted by Crippen LogP contribution is -2.31. The second-order valence-corrected chi connectivity index (χ2v) is 8.27. The van der Waals surface area contributed by atoms with Gasteiger partial charge in [0.1, 0.15) is 0 Å². The van der Waals surface area contributed by atoms with E-state index in [1.807, 2.05) is 41.4 Å². The molecule has 1 N–H and O–H groups in total. The molecule has 4 nitrogen and oxygen atoms in total. The summed E-state index contributed by atoms with van der Waals surface area (Å²) in [6.07, 6.45) is 6.89. The molecule has 1 atom stereocenters. The van der Waals surface area contributed by atoms with Crippen molar-refractivity contribution in [1.29, 1.82) is 0 Å². The summed E-state index contributed by atoms with van der Waals surface area (Å²) < 4.78 is 2.05. The highest BCUT2D eigenvalue weighted by Gasteiger charge is 2.27. The predicted octanol–water partition coefficient (Wildman–Crippen LogP) is 5.02. The number of amides is 1. The van der Waals surface area contributed by atoms with Crippen LogP contribution in [-0.2, 0) is 6.42 Å². The minimum absolute atomic E-state index is 0.00539. The van der Waals surface area contributed by atoms with Crippen LogP contribution in [0.5, 0.6) is 0 Å². The van der Waals surface area contributed by atoms with Crippen molar-refractivity contribution >= 4 is 17.7 Å². The first-order valence-electron chi connectivity index (χ1n) is 9.66. The van der Waals surface area contributed by atoms with Crippen molar-refractivity contribution in [3.8, 4) is 5.69 Å². The van der Waals surface area contributed by atoms with Crippen LogP contribution in [0.4, 0.5) is 0 Å². The van der Waals surface area contributed by atoms with Crippen molar-refractivity contribution in [3.63, 3.8) is 0 Å². The van der Waals surface area contributed by atoms with E-state index in [9.17, 15) is 4.79 Å². The number of hydrogen-bond acceptors (Lipinski definition) is 3. The molecule has 0 saturated carbocycles. The zero-order valence-electron chi connectivity index (χ0n) is 16.5. The van der Waals surface area contributed by atoms with Gasteiger partial charge in [0.05, 0.1) is 23.5 Å². The summed E-state index contributed by atoms with van der Waals surface area (Å²) in [7, 11) is 0. The molecule has 3 aromatic rings. The quantitative estimate of drug-likeness (QED) is 0.635. The van der Waals surface area contributed by atoms with E-state index in [4.69, 9.17) is 0 Å². The molecular formula is C23H25N3OS. The highest BCUT2D eigenvalue weighted by Crippen LogP contribution is 2.32. The number of thioether (sulfide) groups is 1. The lowest BCUT2D eigenvalue weighted by atomic mass is 9.92. The first kappa shape index (κ1) is 18.8. The lowest BCUT2D eigenvalue weighted by molar-refractivity contribution is 0.0929. The van der Waals surface area contributed by atoms with Gasteiger partial charge in [-0.25, -0.2) is 4.68 Å². The minimum atomic E-state index is -0.0121. The van der Waals surface area contributed by atoms with Crippen LogP contribution in [0.15, 0.2) is 53.6 Å². The average molecular weight is 392 g/mol. The summed E-state index contributed by atoms with van der Waals surface area (Å²) in [6, 6.07) is 14.3. The highest BCUT2D eigenvalue weighted by molar-refractivity contribution is 7.98. The van der Waals surface area contributed by atoms with Crippen molar-refractivity contribution in [1.82, 2.24) is 15.1 Å². The number of fused-ring (bicyclic) bond motifs is 1. The molecule has 0 fully saturated rings. The third-order valence-corrected chi connectivity index (χ3v) is 6.09. The first-order chi connectivity index (χ1) is 13.6. The summed E-state index contributed by atoms with van der Waals surface area (Å²) in [5.41, 5.74) is 6.64. The molecule has 1 aliphatic carbocycles. The van der Waals surface area contributed by atoms with Gasteiger partial charge in [0.15, 0.2) is 0 Å². The smallest absolute Gasteiger partial charge is 0.252 e. The second-order valence-electron chi connectivity index (χ2n) is 7.42. The topological polar surface area (TPSA) is 46.9 Å².